The van der Waals surface area contributed by atoms with Crippen LogP contribution in [-0.2, 0) is 10.8 Å². The van der Waals surface area contributed by atoms with Crippen LogP contribution in [0.15, 0.2) is 279 Å². The van der Waals surface area contributed by atoms with Gasteiger partial charge in [-0.1, -0.05) is 267 Å². The van der Waals surface area contributed by atoms with Gasteiger partial charge in [-0.15, -0.1) is 0 Å². The topological polar surface area (TPSA) is 8.82 Å². The summed E-state index contributed by atoms with van der Waals surface area (Å²) < 4.78 is 5.44. The van der Waals surface area contributed by atoms with Crippen molar-refractivity contribution in [3.63, 3.8) is 0 Å². The number of hydrogen-bond donors (Lipinski definition) is 0. The predicted molar refractivity (Wildman–Crippen MR) is 342 cm³/mol. The van der Waals surface area contributed by atoms with Gasteiger partial charge in [0.2, 0.25) is 0 Å². The third-order valence-corrected chi connectivity index (χ3v) is 19.6. The minimum atomic E-state index is -0.573. The van der Waals surface area contributed by atoms with E-state index in [0.717, 1.165) is 12.8 Å². The molecule has 0 spiro atoms. The summed E-state index contributed by atoms with van der Waals surface area (Å²) in [6.07, 6.45) is 9.02. The van der Waals surface area contributed by atoms with E-state index in [4.69, 9.17) is 0 Å². The van der Waals surface area contributed by atoms with Crippen LogP contribution >= 0.6 is 0 Å². The molecular formula is C80H50N2. The van der Waals surface area contributed by atoms with Crippen molar-refractivity contribution in [2.24, 2.45) is 0 Å². The van der Waals surface area contributed by atoms with Crippen molar-refractivity contribution in [3.05, 3.63) is 329 Å². The largest absolute Gasteiger partial charge is 0.307 e. The number of nitrogens with zero attached hydrogens (tertiary/aromatic N) is 2. The third-order valence-electron chi connectivity index (χ3n) is 19.6. The molecule has 16 aromatic rings. The molecule has 0 atom stereocenters. The maximum atomic E-state index is 2.73. The lowest BCUT2D eigenvalue weighted by atomic mass is 9.67. The zero-order valence-electron chi connectivity index (χ0n) is 44.9. The summed E-state index contributed by atoms with van der Waals surface area (Å²) in [6, 6.07) is 99.3. The number of fused-ring (bicyclic) bond motifs is 20. The second-order valence-corrected chi connectivity index (χ2v) is 23.1. The van der Waals surface area contributed by atoms with Crippen molar-refractivity contribution in [2.75, 3.05) is 0 Å². The quantitative estimate of drug-likeness (QED) is 0.157. The van der Waals surface area contributed by atoms with Crippen LogP contribution in [0, 0.1) is 0 Å². The van der Waals surface area contributed by atoms with Crippen LogP contribution in [0.1, 0.15) is 62.9 Å². The molecule has 380 valence electrons. The van der Waals surface area contributed by atoms with Crippen molar-refractivity contribution in [2.45, 2.75) is 23.7 Å². The predicted octanol–water partition coefficient (Wildman–Crippen LogP) is 20.1. The zero-order valence-corrected chi connectivity index (χ0v) is 44.9. The molecule has 0 fully saturated rings. The van der Waals surface area contributed by atoms with Gasteiger partial charge in [0.15, 0.2) is 0 Å². The number of para-hydroxylation sites is 2. The fourth-order valence-corrected chi connectivity index (χ4v) is 16.8. The normalized spacial score (nSPS) is 15.0. The highest BCUT2D eigenvalue weighted by atomic mass is 14.9. The van der Waals surface area contributed by atoms with E-state index < -0.39 is 10.8 Å². The standard InChI is InChI=1S/C80H50N2/c1-7-25-49(26-8-1)67-71-61-41-23-39-59-70-66(48-46-58-56-38-20-22-44-64(56)80(74(58)70,53-33-15-5-16-34-53)54-35-17-6-18-36-54)82(75(59)61)78(71)68(50-27-9-2-10-28-50)72-62-42-24-40-60-69-65(81(76(60)62)77(67)72)47-45-57-55-37-19-21-43-63(55)79(73(57)69,51-29-11-3-12-30-51)52-31-13-4-14-32-52/h1-9,11-27,29-48H,10,28H2. The zero-order chi connectivity index (χ0) is 53.4. The Morgan fingerprint density at radius 3 is 1.13 bits per heavy atom. The highest BCUT2D eigenvalue weighted by Gasteiger charge is 2.50. The van der Waals surface area contributed by atoms with Crippen LogP contribution in [0.2, 0.25) is 0 Å². The number of benzene rings is 12. The van der Waals surface area contributed by atoms with Gasteiger partial charge in [0, 0.05) is 54.2 Å². The molecular weight excluding hydrogens is 989 g/mol. The smallest absolute Gasteiger partial charge is 0.0720 e. The van der Waals surface area contributed by atoms with E-state index in [2.05, 4.69) is 288 Å². The van der Waals surface area contributed by atoms with Gasteiger partial charge < -0.3 is 8.80 Å². The second kappa shape index (κ2) is 16.2. The van der Waals surface area contributed by atoms with E-state index in [0.29, 0.717) is 0 Å². The molecule has 0 aliphatic heterocycles. The summed E-state index contributed by atoms with van der Waals surface area (Å²) in [7, 11) is 0. The Morgan fingerprint density at radius 1 is 0.305 bits per heavy atom. The molecule has 2 nitrogen and oxygen atoms in total. The SMILES string of the molecule is C1=CCCC(c2c3c4cccc5c6c7c(ccc6n(c3c(-c3ccccc3)c3c6cccc8c9c%10c(ccc9n(c23)c86)-c2ccccc2C%10(c2ccccc2)c2ccccc2)c54)-c2ccccc2C7(c2ccccc2)c2ccccc2)=C1. The van der Waals surface area contributed by atoms with Crippen LogP contribution in [0.5, 0.6) is 0 Å². The second-order valence-electron chi connectivity index (χ2n) is 23.1. The molecule has 0 saturated heterocycles. The van der Waals surface area contributed by atoms with Gasteiger partial charge in [-0.3, -0.25) is 0 Å². The van der Waals surface area contributed by atoms with Gasteiger partial charge in [-0.05, 0) is 103 Å². The molecule has 0 N–H and O–H groups in total. The first-order chi connectivity index (χ1) is 40.8. The molecule has 3 aliphatic carbocycles. The number of hydrogen-bond acceptors (Lipinski definition) is 0. The molecule has 0 amide bonds. The van der Waals surface area contributed by atoms with E-state index in [1.165, 1.54) is 165 Å². The van der Waals surface area contributed by atoms with E-state index in [1.807, 2.05) is 0 Å². The van der Waals surface area contributed by atoms with Gasteiger partial charge in [-0.2, -0.15) is 0 Å². The Hall–Kier alpha value is -10.3. The molecule has 82 heavy (non-hydrogen) atoms. The van der Waals surface area contributed by atoms with E-state index in [1.54, 1.807) is 0 Å². The van der Waals surface area contributed by atoms with Crippen LogP contribution in [0.25, 0.3) is 115 Å². The summed E-state index contributed by atoms with van der Waals surface area (Å²) >= 11 is 0. The minimum absolute atomic E-state index is 0.571. The molecule has 12 aromatic carbocycles. The summed E-state index contributed by atoms with van der Waals surface area (Å²) in [5.41, 5.74) is 27.3. The van der Waals surface area contributed by atoms with Crippen LogP contribution < -0.4 is 0 Å². The van der Waals surface area contributed by atoms with Gasteiger partial charge in [0.05, 0.1) is 43.9 Å². The van der Waals surface area contributed by atoms with Crippen molar-refractivity contribution >= 4 is 81.8 Å². The summed E-state index contributed by atoms with van der Waals surface area (Å²) in [5.74, 6) is 0. The lowest BCUT2D eigenvalue weighted by Gasteiger charge is -2.34. The number of allylic oxidation sites excluding steroid dienone is 4. The minimum Gasteiger partial charge on any atom is -0.307 e. The monoisotopic (exact) mass is 1040 g/mol. The summed E-state index contributed by atoms with van der Waals surface area (Å²) in [4.78, 5) is 0. The van der Waals surface area contributed by atoms with E-state index >= 15 is 0 Å². The average Bonchev–Trinajstić information content (AvgIpc) is 1.90. The third kappa shape index (κ3) is 5.28. The fraction of sp³-hybridized carbons (Fsp3) is 0.0500. The molecule has 19 rings (SSSR count). The highest BCUT2D eigenvalue weighted by Crippen LogP contribution is 2.63. The van der Waals surface area contributed by atoms with Crippen molar-refractivity contribution in [3.8, 4) is 33.4 Å². The van der Waals surface area contributed by atoms with Crippen LogP contribution in [0.4, 0.5) is 0 Å². The van der Waals surface area contributed by atoms with Crippen LogP contribution in [0.3, 0.4) is 0 Å². The Labute approximate surface area is 474 Å². The molecule has 4 heterocycles. The Morgan fingerprint density at radius 2 is 0.695 bits per heavy atom. The first-order valence-electron chi connectivity index (χ1n) is 29.1. The van der Waals surface area contributed by atoms with E-state index in [-0.39, 0.29) is 0 Å². The van der Waals surface area contributed by atoms with Gasteiger partial charge in [0.1, 0.15) is 0 Å². The molecule has 0 bridgehead atoms. The first-order valence-corrected chi connectivity index (χ1v) is 29.1. The first kappa shape index (κ1) is 44.6. The lowest BCUT2D eigenvalue weighted by molar-refractivity contribution is 0.776. The van der Waals surface area contributed by atoms with Crippen molar-refractivity contribution in [1.29, 1.82) is 0 Å². The molecule has 4 aromatic heterocycles. The molecule has 0 saturated carbocycles. The summed E-state index contributed by atoms with van der Waals surface area (Å²) in [5, 5.41) is 10.4. The fourth-order valence-electron chi connectivity index (χ4n) is 16.8. The van der Waals surface area contributed by atoms with Crippen molar-refractivity contribution in [1.82, 2.24) is 8.80 Å². The molecule has 0 radical (unpaired) electrons. The Balaban J connectivity index is 1.03. The van der Waals surface area contributed by atoms with E-state index in [9.17, 15) is 0 Å². The molecule has 0 unspecified atom stereocenters. The maximum absolute atomic E-state index is 2.73. The van der Waals surface area contributed by atoms with Gasteiger partial charge in [0.25, 0.3) is 0 Å². The van der Waals surface area contributed by atoms with Crippen molar-refractivity contribution < 1.29 is 0 Å². The lowest BCUT2D eigenvalue weighted by Crippen LogP contribution is -2.28. The number of aromatic nitrogens is 2. The van der Waals surface area contributed by atoms with Gasteiger partial charge >= 0.3 is 0 Å². The Bertz CT molecular complexity index is 5320. The number of rotatable bonds is 6. The van der Waals surface area contributed by atoms with Crippen LogP contribution in [-0.4, -0.2) is 8.80 Å². The van der Waals surface area contributed by atoms with Gasteiger partial charge in [-0.25, -0.2) is 0 Å². The Kier molecular flexibility index (Phi) is 8.80. The summed E-state index contributed by atoms with van der Waals surface area (Å²) in [6.45, 7) is 0. The average molecular weight is 1040 g/mol. The molecule has 2 heteroatoms. The molecule has 3 aliphatic rings. The highest BCUT2D eigenvalue weighted by molar-refractivity contribution is 6.37. The maximum Gasteiger partial charge on any atom is 0.0720 e.